The van der Waals surface area contributed by atoms with Crippen molar-refractivity contribution in [1.29, 1.82) is 0 Å². The highest BCUT2D eigenvalue weighted by Gasteiger charge is 2.19. The second-order valence-corrected chi connectivity index (χ2v) is 5.01. The van der Waals surface area contributed by atoms with E-state index in [0.717, 1.165) is 13.0 Å². The minimum absolute atomic E-state index is 0.0140. The lowest BCUT2D eigenvalue weighted by molar-refractivity contribution is -0.119. The predicted octanol–water partition coefficient (Wildman–Crippen LogP) is 2.10. The van der Waals surface area contributed by atoms with E-state index in [1.165, 1.54) is 0 Å². The maximum absolute atomic E-state index is 11.0. The van der Waals surface area contributed by atoms with Crippen LogP contribution in [0.4, 0.5) is 0 Å². The van der Waals surface area contributed by atoms with Crippen LogP contribution in [0.25, 0.3) is 0 Å². The molecule has 0 fully saturated rings. The van der Waals surface area contributed by atoms with Gasteiger partial charge >= 0.3 is 0 Å². The number of hydrogen-bond acceptors (Lipinski definition) is 2. The van der Waals surface area contributed by atoms with Crippen LogP contribution >= 0.6 is 12.6 Å². The third-order valence-electron chi connectivity index (χ3n) is 1.87. The normalized spacial score (nSPS) is 11.8. The topological polar surface area (TPSA) is 29.1 Å². The van der Waals surface area contributed by atoms with E-state index >= 15 is 0 Å². The van der Waals surface area contributed by atoms with Crippen LogP contribution in [0.2, 0.25) is 0 Å². The largest absolute Gasteiger partial charge is 0.355 e. The molecule has 0 aromatic rings. The fraction of sp³-hybridized carbons (Fsp3) is 0.900. The van der Waals surface area contributed by atoms with Crippen molar-refractivity contribution in [1.82, 2.24) is 5.32 Å². The van der Waals surface area contributed by atoms with Gasteiger partial charge in [0.05, 0.1) is 5.75 Å². The average molecular weight is 203 g/mol. The zero-order valence-corrected chi connectivity index (χ0v) is 9.95. The van der Waals surface area contributed by atoms with Gasteiger partial charge < -0.3 is 5.32 Å². The summed E-state index contributed by atoms with van der Waals surface area (Å²) in [6, 6.07) is 0. The molecule has 0 radical (unpaired) electrons. The number of hydrogen-bond donors (Lipinski definition) is 2. The van der Waals surface area contributed by atoms with Crippen LogP contribution in [0.15, 0.2) is 0 Å². The Labute approximate surface area is 86.9 Å². The van der Waals surface area contributed by atoms with Crippen LogP contribution in [-0.4, -0.2) is 18.2 Å². The molecule has 0 aromatic heterocycles. The fourth-order valence-corrected chi connectivity index (χ4v) is 1.68. The van der Waals surface area contributed by atoms with Gasteiger partial charge in [-0.3, -0.25) is 4.79 Å². The summed E-state index contributed by atoms with van der Waals surface area (Å²) in [5.41, 5.74) is 0.187. The molecule has 0 aliphatic heterocycles. The Balaban J connectivity index is 3.81. The van der Waals surface area contributed by atoms with E-state index in [1.54, 1.807) is 0 Å². The molecule has 0 heterocycles. The Morgan fingerprint density at radius 1 is 1.46 bits per heavy atom. The molecule has 0 aliphatic rings. The molecular formula is C10H21NOS. The molecule has 1 amide bonds. The van der Waals surface area contributed by atoms with Gasteiger partial charge in [-0.05, 0) is 17.8 Å². The summed E-state index contributed by atoms with van der Waals surface area (Å²) in [7, 11) is 0. The molecule has 0 saturated heterocycles. The minimum Gasteiger partial charge on any atom is -0.355 e. The highest BCUT2D eigenvalue weighted by Crippen LogP contribution is 2.23. The van der Waals surface area contributed by atoms with Crippen LogP contribution < -0.4 is 5.32 Å². The maximum Gasteiger partial charge on any atom is 0.229 e. The number of nitrogens with one attached hydrogen (secondary N) is 1. The zero-order chi connectivity index (χ0) is 10.5. The van der Waals surface area contributed by atoms with Crippen molar-refractivity contribution in [2.24, 2.45) is 11.3 Å². The molecule has 0 rings (SSSR count). The summed E-state index contributed by atoms with van der Waals surface area (Å²) in [4.78, 5) is 11.0. The second-order valence-electron chi connectivity index (χ2n) is 4.70. The van der Waals surface area contributed by atoms with Gasteiger partial charge in [0.1, 0.15) is 0 Å². The quantitative estimate of drug-likeness (QED) is 0.658. The van der Waals surface area contributed by atoms with Gasteiger partial charge in [-0.2, -0.15) is 12.6 Å². The number of carbonyl (C=O) groups excluding carboxylic acids is 1. The van der Waals surface area contributed by atoms with Gasteiger partial charge in [0, 0.05) is 6.54 Å². The van der Waals surface area contributed by atoms with Crippen molar-refractivity contribution in [3.63, 3.8) is 0 Å². The van der Waals surface area contributed by atoms with E-state index in [4.69, 9.17) is 0 Å². The standard InChI is InChI=1S/C10H21NOS/c1-8(2)5-10(3,4)7-11-9(12)6-13/h8,13H,5-7H2,1-4H3,(H,11,12). The Kier molecular flexibility index (Phi) is 5.45. The van der Waals surface area contributed by atoms with Crippen molar-refractivity contribution in [3.05, 3.63) is 0 Å². The Morgan fingerprint density at radius 2 is 2.00 bits per heavy atom. The molecule has 0 atom stereocenters. The summed E-state index contributed by atoms with van der Waals surface area (Å²) < 4.78 is 0. The van der Waals surface area contributed by atoms with Crippen molar-refractivity contribution < 1.29 is 4.79 Å². The molecular weight excluding hydrogens is 182 g/mol. The first-order valence-electron chi connectivity index (χ1n) is 4.75. The summed E-state index contributed by atoms with van der Waals surface area (Å²) >= 11 is 3.90. The molecule has 78 valence electrons. The molecule has 0 bridgehead atoms. The summed E-state index contributed by atoms with van der Waals surface area (Å²) in [6.07, 6.45) is 1.12. The highest BCUT2D eigenvalue weighted by atomic mass is 32.1. The van der Waals surface area contributed by atoms with Crippen molar-refractivity contribution >= 4 is 18.5 Å². The molecule has 0 aromatic carbocycles. The van der Waals surface area contributed by atoms with E-state index in [2.05, 4.69) is 45.6 Å². The first-order chi connectivity index (χ1) is 5.87. The zero-order valence-electron chi connectivity index (χ0n) is 9.05. The Bertz CT molecular complexity index is 166. The van der Waals surface area contributed by atoms with Gasteiger partial charge in [-0.25, -0.2) is 0 Å². The molecule has 0 unspecified atom stereocenters. The number of rotatable bonds is 5. The monoisotopic (exact) mass is 203 g/mol. The fourth-order valence-electron chi connectivity index (χ4n) is 1.57. The summed E-state index contributed by atoms with van der Waals surface area (Å²) in [5.74, 6) is 0.959. The van der Waals surface area contributed by atoms with Gasteiger partial charge in [-0.15, -0.1) is 0 Å². The Hall–Kier alpha value is -0.180. The molecule has 0 spiro atoms. The van der Waals surface area contributed by atoms with Crippen molar-refractivity contribution in [3.8, 4) is 0 Å². The van der Waals surface area contributed by atoms with E-state index in [1.807, 2.05) is 0 Å². The van der Waals surface area contributed by atoms with Gasteiger partial charge in [0.2, 0.25) is 5.91 Å². The minimum atomic E-state index is 0.0140. The first-order valence-corrected chi connectivity index (χ1v) is 5.38. The van der Waals surface area contributed by atoms with Crippen molar-refractivity contribution in [2.75, 3.05) is 12.3 Å². The number of amides is 1. The van der Waals surface area contributed by atoms with E-state index < -0.39 is 0 Å². The van der Waals surface area contributed by atoms with Crippen molar-refractivity contribution in [2.45, 2.75) is 34.1 Å². The van der Waals surface area contributed by atoms with E-state index in [9.17, 15) is 4.79 Å². The van der Waals surface area contributed by atoms with E-state index in [0.29, 0.717) is 5.92 Å². The molecule has 0 saturated carbocycles. The van der Waals surface area contributed by atoms with Crippen LogP contribution in [0, 0.1) is 11.3 Å². The van der Waals surface area contributed by atoms with Crippen LogP contribution in [0.5, 0.6) is 0 Å². The molecule has 0 aliphatic carbocycles. The van der Waals surface area contributed by atoms with Gasteiger partial charge in [0.15, 0.2) is 0 Å². The SMILES string of the molecule is CC(C)CC(C)(C)CNC(=O)CS. The van der Waals surface area contributed by atoms with Gasteiger partial charge in [-0.1, -0.05) is 27.7 Å². The van der Waals surface area contributed by atoms with E-state index in [-0.39, 0.29) is 17.1 Å². The first kappa shape index (κ1) is 12.8. The maximum atomic E-state index is 11.0. The van der Waals surface area contributed by atoms with Crippen LogP contribution in [-0.2, 0) is 4.79 Å². The molecule has 1 N–H and O–H groups in total. The predicted molar refractivity (Wildman–Crippen MR) is 60.1 cm³/mol. The molecule has 2 nitrogen and oxygen atoms in total. The lowest BCUT2D eigenvalue weighted by atomic mass is 9.84. The number of thiol groups is 1. The third kappa shape index (κ3) is 6.94. The average Bonchev–Trinajstić information content (AvgIpc) is 1.98. The Morgan fingerprint density at radius 3 is 2.38 bits per heavy atom. The van der Waals surface area contributed by atoms with Crippen LogP contribution in [0.3, 0.4) is 0 Å². The van der Waals surface area contributed by atoms with Crippen LogP contribution in [0.1, 0.15) is 34.1 Å². The summed E-state index contributed by atoms with van der Waals surface area (Å²) in [6.45, 7) is 9.48. The number of carbonyl (C=O) groups is 1. The van der Waals surface area contributed by atoms with Gasteiger partial charge in [0.25, 0.3) is 0 Å². The second kappa shape index (κ2) is 5.53. The summed E-state index contributed by atoms with van der Waals surface area (Å²) in [5, 5.41) is 2.86. The molecule has 3 heteroatoms. The lowest BCUT2D eigenvalue weighted by Gasteiger charge is -2.26. The molecule has 13 heavy (non-hydrogen) atoms. The lowest BCUT2D eigenvalue weighted by Crippen LogP contribution is -2.35. The third-order valence-corrected chi connectivity index (χ3v) is 2.16. The smallest absolute Gasteiger partial charge is 0.229 e. The highest BCUT2D eigenvalue weighted by molar-refractivity contribution is 7.81.